The first-order valence-corrected chi connectivity index (χ1v) is 9.84. The van der Waals surface area contributed by atoms with Gasteiger partial charge in [0.1, 0.15) is 11.9 Å². The molecule has 1 aromatic carbocycles. The third kappa shape index (κ3) is 4.50. The minimum Gasteiger partial charge on any atom is -0.310 e. The minimum absolute atomic E-state index is 0. The standard InChI is InChI=1S/C22H21N7.BrH/c23-11-7-12-28-16-19(21(27-28)17-8-3-1-4-9-17)14-18(15-24)22-26-25-20-10-5-2-6-13-29(20)22;/h1,3-4,8-9,14,16H,2,5-7,10,12-13H2;1H/b18-14+;. The molecule has 0 radical (unpaired) electrons. The summed E-state index contributed by atoms with van der Waals surface area (Å²) in [6.45, 7) is 1.34. The number of aromatic nitrogens is 5. The number of benzene rings is 1. The summed E-state index contributed by atoms with van der Waals surface area (Å²) < 4.78 is 3.83. The number of nitriles is 2. The maximum Gasteiger partial charge on any atom is 0.174 e. The zero-order valence-electron chi connectivity index (χ0n) is 16.5. The highest BCUT2D eigenvalue weighted by atomic mass is 79.9. The van der Waals surface area contributed by atoms with Gasteiger partial charge in [-0.3, -0.25) is 4.68 Å². The summed E-state index contributed by atoms with van der Waals surface area (Å²) in [5.41, 5.74) is 3.05. The number of halogens is 1. The molecule has 0 atom stereocenters. The van der Waals surface area contributed by atoms with Gasteiger partial charge in [-0.25, -0.2) is 0 Å². The van der Waals surface area contributed by atoms with E-state index in [9.17, 15) is 5.26 Å². The molecule has 0 unspecified atom stereocenters. The van der Waals surface area contributed by atoms with Crippen molar-refractivity contribution in [3.8, 4) is 23.4 Å². The summed E-state index contributed by atoms with van der Waals surface area (Å²) in [6.07, 6.45) is 8.33. The lowest BCUT2D eigenvalue weighted by molar-refractivity contribution is 0.627. The van der Waals surface area contributed by atoms with Gasteiger partial charge in [0.25, 0.3) is 0 Å². The van der Waals surface area contributed by atoms with Gasteiger partial charge in [0.05, 0.1) is 30.3 Å². The van der Waals surface area contributed by atoms with E-state index in [4.69, 9.17) is 5.26 Å². The molecule has 30 heavy (non-hydrogen) atoms. The van der Waals surface area contributed by atoms with Crippen LogP contribution in [0, 0.1) is 22.7 Å². The Labute approximate surface area is 186 Å². The summed E-state index contributed by atoms with van der Waals surface area (Å²) in [4.78, 5) is 0. The molecule has 7 nitrogen and oxygen atoms in total. The second-order valence-electron chi connectivity index (χ2n) is 7.04. The van der Waals surface area contributed by atoms with Crippen LogP contribution in [0.4, 0.5) is 0 Å². The van der Waals surface area contributed by atoms with E-state index < -0.39 is 0 Å². The molecule has 3 aromatic rings. The number of rotatable bonds is 5. The number of nitrogens with zero attached hydrogens (tertiary/aromatic N) is 7. The van der Waals surface area contributed by atoms with Crippen LogP contribution in [0.3, 0.4) is 0 Å². The molecule has 1 aliphatic heterocycles. The molecule has 0 N–H and O–H groups in total. The van der Waals surface area contributed by atoms with E-state index in [1.54, 1.807) is 4.68 Å². The van der Waals surface area contributed by atoms with E-state index in [1.807, 2.05) is 42.6 Å². The Morgan fingerprint density at radius 1 is 1.10 bits per heavy atom. The average Bonchev–Trinajstić information content (AvgIpc) is 3.27. The Balaban J connectivity index is 0.00000256. The van der Waals surface area contributed by atoms with Crippen LogP contribution in [0.25, 0.3) is 22.9 Å². The molecule has 3 heterocycles. The summed E-state index contributed by atoms with van der Waals surface area (Å²) in [6, 6.07) is 14.3. The normalized spacial score (nSPS) is 13.5. The Morgan fingerprint density at radius 3 is 2.70 bits per heavy atom. The fourth-order valence-electron chi connectivity index (χ4n) is 3.63. The van der Waals surface area contributed by atoms with Gasteiger partial charge in [-0.15, -0.1) is 27.2 Å². The molecular formula is C22H22BrN7. The molecule has 1 aliphatic rings. The van der Waals surface area contributed by atoms with Crippen molar-refractivity contribution in [2.45, 2.75) is 45.2 Å². The molecule has 0 amide bonds. The Kier molecular flexibility index (Phi) is 7.16. The van der Waals surface area contributed by atoms with Crippen LogP contribution in [0.15, 0.2) is 36.5 Å². The first-order valence-electron chi connectivity index (χ1n) is 9.84. The SMILES string of the molecule is Br.N#CCCn1cc(/C=C(\C#N)c2nnc3n2CCCCC3)c(-c2ccccc2)n1. The smallest absolute Gasteiger partial charge is 0.174 e. The van der Waals surface area contributed by atoms with E-state index in [2.05, 4.69) is 32.0 Å². The fourth-order valence-corrected chi connectivity index (χ4v) is 3.63. The molecule has 0 bridgehead atoms. The van der Waals surface area contributed by atoms with E-state index in [-0.39, 0.29) is 17.0 Å². The summed E-state index contributed by atoms with van der Waals surface area (Å²) in [5.74, 6) is 1.57. The highest BCUT2D eigenvalue weighted by molar-refractivity contribution is 8.93. The highest BCUT2D eigenvalue weighted by Crippen LogP contribution is 2.27. The highest BCUT2D eigenvalue weighted by Gasteiger charge is 2.19. The van der Waals surface area contributed by atoms with Crippen LogP contribution < -0.4 is 0 Å². The predicted octanol–water partition coefficient (Wildman–Crippen LogP) is 4.42. The van der Waals surface area contributed by atoms with Crippen molar-refractivity contribution >= 4 is 28.6 Å². The van der Waals surface area contributed by atoms with Gasteiger partial charge in [0.2, 0.25) is 0 Å². The van der Waals surface area contributed by atoms with Crippen molar-refractivity contribution in [2.24, 2.45) is 0 Å². The molecule has 0 aliphatic carbocycles. The maximum absolute atomic E-state index is 9.87. The van der Waals surface area contributed by atoms with Crippen molar-refractivity contribution < 1.29 is 0 Å². The van der Waals surface area contributed by atoms with Gasteiger partial charge < -0.3 is 4.57 Å². The van der Waals surface area contributed by atoms with Crippen molar-refractivity contribution in [2.75, 3.05) is 0 Å². The van der Waals surface area contributed by atoms with Crippen LogP contribution >= 0.6 is 17.0 Å². The number of fused-ring (bicyclic) bond motifs is 1. The third-order valence-corrected chi connectivity index (χ3v) is 5.06. The molecular weight excluding hydrogens is 442 g/mol. The summed E-state index contributed by atoms with van der Waals surface area (Å²) in [7, 11) is 0. The van der Waals surface area contributed by atoms with Gasteiger partial charge in [0, 0.05) is 30.3 Å². The molecule has 0 fully saturated rings. The van der Waals surface area contributed by atoms with Crippen molar-refractivity contribution in [1.29, 1.82) is 10.5 Å². The first-order chi connectivity index (χ1) is 14.3. The number of aryl methyl sites for hydroxylation is 2. The van der Waals surface area contributed by atoms with Crippen LogP contribution in [0.2, 0.25) is 0 Å². The first kappa shape index (κ1) is 21.5. The Morgan fingerprint density at radius 2 is 1.93 bits per heavy atom. The summed E-state index contributed by atoms with van der Waals surface area (Å²) in [5, 5.41) is 32.1. The largest absolute Gasteiger partial charge is 0.310 e. The molecule has 0 spiro atoms. The van der Waals surface area contributed by atoms with Crippen molar-refractivity contribution in [1.82, 2.24) is 24.5 Å². The predicted molar refractivity (Wildman–Crippen MR) is 119 cm³/mol. The minimum atomic E-state index is 0. The monoisotopic (exact) mass is 463 g/mol. The molecule has 0 saturated carbocycles. The van der Waals surface area contributed by atoms with Gasteiger partial charge in [-0.05, 0) is 18.9 Å². The molecule has 8 heteroatoms. The van der Waals surface area contributed by atoms with Crippen LogP contribution in [-0.2, 0) is 19.5 Å². The Bertz CT molecular complexity index is 1110. The van der Waals surface area contributed by atoms with E-state index in [0.717, 1.165) is 54.9 Å². The maximum atomic E-state index is 9.87. The fraction of sp³-hybridized carbons (Fsp3) is 0.318. The van der Waals surface area contributed by atoms with Gasteiger partial charge in [-0.2, -0.15) is 15.6 Å². The quantitative estimate of drug-likeness (QED) is 0.521. The number of hydrogen-bond acceptors (Lipinski definition) is 5. The molecule has 4 rings (SSSR count). The average molecular weight is 464 g/mol. The second kappa shape index (κ2) is 10.00. The number of allylic oxidation sites excluding steroid dienone is 1. The van der Waals surface area contributed by atoms with Gasteiger partial charge in [-0.1, -0.05) is 36.8 Å². The third-order valence-electron chi connectivity index (χ3n) is 5.06. The lowest BCUT2D eigenvalue weighted by Gasteiger charge is -2.06. The van der Waals surface area contributed by atoms with Crippen molar-refractivity contribution in [3.63, 3.8) is 0 Å². The lowest BCUT2D eigenvalue weighted by atomic mass is 10.1. The molecule has 152 valence electrons. The van der Waals surface area contributed by atoms with Gasteiger partial charge in [0.15, 0.2) is 5.82 Å². The lowest BCUT2D eigenvalue weighted by Crippen LogP contribution is -2.05. The van der Waals surface area contributed by atoms with E-state index in [1.165, 1.54) is 0 Å². The van der Waals surface area contributed by atoms with Gasteiger partial charge >= 0.3 is 0 Å². The number of hydrogen-bond donors (Lipinski definition) is 0. The van der Waals surface area contributed by atoms with Crippen LogP contribution in [-0.4, -0.2) is 24.5 Å². The molecule has 2 aromatic heterocycles. The Hall–Kier alpha value is -3.23. The zero-order valence-corrected chi connectivity index (χ0v) is 18.2. The zero-order chi connectivity index (χ0) is 20.1. The topological polar surface area (TPSA) is 96.1 Å². The molecule has 0 saturated heterocycles. The van der Waals surface area contributed by atoms with E-state index in [0.29, 0.717) is 24.4 Å². The van der Waals surface area contributed by atoms with E-state index >= 15 is 0 Å². The van der Waals surface area contributed by atoms with Crippen molar-refractivity contribution in [3.05, 3.63) is 53.7 Å². The van der Waals surface area contributed by atoms with Crippen LogP contribution in [0.5, 0.6) is 0 Å². The second-order valence-corrected chi connectivity index (χ2v) is 7.04. The summed E-state index contributed by atoms with van der Waals surface area (Å²) >= 11 is 0. The van der Waals surface area contributed by atoms with Crippen LogP contribution in [0.1, 0.15) is 42.9 Å².